The summed E-state index contributed by atoms with van der Waals surface area (Å²) in [5.74, 6) is 0.699. The number of nitrogens with zero attached hydrogens (tertiary/aromatic N) is 1. The van der Waals surface area contributed by atoms with E-state index in [4.69, 9.17) is 4.74 Å². The van der Waals surface area contributed by atoms with Crippen LogP contribution >= 0.6 is 0 Å². The molecule has 2 bridgehead atoms. The van der Waals surface area contributed by atoms with Gasteiger partial charge in [-0.1, -0.05) is 57.0 Å². The van der Waals surface area contributed by atoms with Gasteiger partial charge in [-0.05, 0) is 91.0 Å². The Bertz CT molecular complexity index is 881. The number of hydrogen-bond acceptors (Lipinski definition) is 2. The molecule has 0 radical (unpaired) electrons. The summed E-state index contributed by atoms with van der Waals surface area (Å²) in [7, 11) is 0. The maximum Gasteiger partial charge on any atom is 0.137 e. The molecule has 2 nitrogen and oxygen atoms in total. The molecule has 0 spiro atoms. The Morgan fingerprint density at radius 2 is 1.53 bits per heavy atom. The number of ether oxygens (including phenoxy) is 1. The first-order valence-electron chi connectivity index (χ1n) is 11.9. The Balaban J connectivity index is 1.50. The summed E-state index contributed by atoms with van der Waals surface area (Å²) in [5, 5.41) is 9.56. The van der Waals surface area contributed by atoms with E-state index in [-0.39, 0.29) is 0 Å². The van der Waals surface area contributed by atoms with Crippen LogP contribution in [0.25, 0.3) is 11.1 Å². The first-order chi connectivity index (χ1) is 14.6. The maximum absolute atomic E-state index is 9.56. The Labute approximate surface area is 182 Å². The van der Waals surface area contributed by atoms with E-state index in [0.717, 1.165) is 18.4 Å². The molecule has 0 atom stereocenters. The second kappa shape index (κ2) is 8.84. The first-order valence-corrected chi connectivity index (χ1v) is 11.9. The molecule has 3 aliphatic carbocycles. The Kier molecular flexibility index (Phi) is 6.19. The average molecular weight is 402 g/mol. The lowest BCUT2D eigenvalue weighted by atomic mass is 9.51. The summed E-state index contributed by atoms with van der Waals surface area (Å²) in [5.41, 5.74) is 5.48. The van der Waals surface area contributed by atoms with Crippen molar-refractivity contribution < 1.29 is 4.74 Å². The van der Waals surface area contributed by atoms with Gasteiger partial charge in [0.05, 0.1) is 12.2 Å². The minimum Gasteiger partial charge on any atom is -0.492 e. The molecule has 3 fully saturated rings. The van der Waals surface area contributed by atoms with Gasteiger partial charge >= 0.3 is 0 Å². The van der Waals surface area contributed by atoms with Crippen molar-refractivity contribution in [2.75, 3.05) is 6.61 Å². The number of nitriles is 1. The molecular formula is C28H35NO. The van der Waals surface area contributed by atoms with Gasteiger partial charge in [0, 0.05) is 0 Å². The zero-order valence-corrected chi connectivity index (χ0v) is 18.7. The third kappa shape index (κ3) is 4.00. The summed E-state index contributed by atoms with van der Waals surface area (Å²) in [4.78, 5) is 0. The van der Waals surface area contributed by atoms with Crippen molar-refractivity contribution in [3.8, 4) is 22.9 Å². The van der Waals surface area contributed by atoms with Gasteiger partial charge in [-0.3, -0.25) is 0 Å². The van der Waals surface area contributed by atoms with E-state index >= 15 is 0 Å². The van der Waals surface area contributed by atoms with Crippen molar-refractivity contribution in [3.63, 3.8) is 0 Å². The lowest BCUT2D eigenvalue weighted by molar-refractivity contribution is 0.0320. The van der Waals surface area contributed by atoms with Gasteiger partial charge in [0.2, 0.25) is 0 Å². The maximum atomic E-state index is 9.56. The third-order valence-corrected chi connectivity index (χ3v) is 7.87. The summed E-state index contributed by atoms with van der Waals surface area (Å²) in [6.07, 6.45) is 13.1. The molecule has 5 rings (SSSR count). The highest BCUT2D eigenvalue weighted by molar-refractivity contribution is 5.67. The monoisotopic (exact) mass is 401 g/mol. The van der Waals surface area contributed by atoms with E-state index in [0.29, 0.717) is 28.7 Å². The van der Waals surface area contributed by atoms with Gasteiger partial charge in [0.25, 0.3) is 0 Å². The van der Waals surface area contributed by atoms with Crippen molar-refractivity contribution in [2.24, 2.45) is 5.41 Å². The molecule has 0 aliphatic heterocycles. The smallest absolute Gasteiger partial charge is 0.137 e. The van der Waals surface area contributed by atoms with Gasteiger partial charge in [0.15, 0.2) is 0 Å². The summed E-state index contributed by atoms with van der Waals surface area (Å²) in [6.45, 7) is 5.15. The lowest BCUT2D eigenvalue weighted by Gasteiger charge is -2.54. The molecule has 0 heterocycles. The molecular weight excluding hydrogens is 366 g/mol. The fourth-order valence-corrected chi connectivity index (χ4v) is 5.87. The molecule has 0 unspecified atom stereocenters. The van der Waals surface area contributed by atoms with Crippen LogP contribution < -0.4 is 4.74 Å². The SMILES string of the molecule is CCCCOc1ccc(-c2ccc(C34CCC(CCC)(CC3)CC4)cc2)cc1C#N. The van der Waals surface area contributed by atoms with Crippen LogP contribution in [0.15, 0.2) is 42.5 Å². The minimum absolute atomic E-state index is 0.406. The summed E-state index contributed by atoms with van der Waals surface area (Å²) >= 11 is 0. The minimum atomic E-state index is 0.406. The van der Waals surface area contributed by atoms with Gasteiger partial charge in [-0.15, -0.1) is 0 Å². The lowest BCUT2D eigenvalue weighted by Crippen LogP contribution is -2.44. The van der Waals surface area contributed by atoms with Gasteiger partial charge in [-0.2, -0.15) is 5.26 Å². The first kappa shape index (κ1) is 21.0. The molecule has 2 aromatic carbocycles. The van der Waals surface area contributed by atoms with Crippen LogP contribution in [0.4, 0.5) is 0 Å². The Morgan fingerprint density at radius 3 is 2.13 bits per heavy atom. The van der Waals surface area contributed by atoms with E-state index in [1.807, 2.05) is 12.1 Å². The van der Waals surface area contributed by atoms with Crippen LogP contribution in [-0.2, 0) is 5.41 Å². The van der Waals surface area contributed by atoms with E-state index < -0.39 is 0 Å². The van der Waals surface area contributed by atoms with Gasteiger partial charge in [-0.25, -0.2) is 0 Å². The Morgan fingerprint density at radius 1 is 0.867 bits per heavy atom. The fourth-order valence-electron chi connectivity index (χ4n) is 5.87. The summed E-state index contributed by atoms with van der Waals surface area (Å²) < 4.78 is 5.79. The molecule has 0 N–H and O–H groups in total. The standard InChI is InChI=1S/C28H35NO/c1-3-5-19-30-26-11-8-23(20-24(26)21-29)22-6-9-25(10-7-22)28-16-13-27(12-4-2,14-17-28)15-18-28/h6-11,20H,3-5,12-19H2,1-2H3. The molecule has 2 heteroatoms. The second-order valence-corrected chi connectivity index (χ2v) is 9.63. The number of benzene rings is 2. The van der Waals surface area contributed by atoms with Crippen molar-refractivity contribution in [1.82, 2.24) is 0 Å². The normalized spacial score (nSPS) is 25.1. The molecule has 0 aromatic heterocycles. The average Bonchev–Trinajstić information content (AvgIpc) is 2.81. The van der Waals surface area contributed by atoms with Gasteiger partial charge < -0.3 is 4.74 Å². The van der Waals surface area contributed by atoms with Crippen LogP contribution in [0.2, 0.25) is 0 Å². The van der Waals surface area contributed by atoms with Crippen molar-refractivity contribution in [1.29, 1.82) is 5.26 Å². The highest BCUT2D eigenvalue weighted by atomic mass is 16.5. The van der Waals surface area contributed by atoms with Crippen LogP contribution in [-0.4, -0.2) is 6.61 Å². The zero-order valence-electron chi connectivity index (χ0n) is 18.7. The van der Waals surface area contributed by atoms with Crippen molar-refractivity contribution in [2.45, 2.75) is 83.5 Å². The summed E-state index contributed by atoms with van der Waals surface area (Å²) in [6, 6.07) is 17.5. The topological polar surface area (TPSA) is 33.0 Å². The number of unbranched alkanes of at least 4 members (excludes halogenated alkanes) is 1. The molecule has 0 amide bonds. The largest absolute Gasteiger partial charge is 0.492 e. The van der Waals surface area contributed by atoms with Crippen molar-refractivity contribution >= 4 is 0 Å². The molecule has 30 heavy (non-hydrogen) atoms. The molecule has 158 valence electrons. The molecule has 2 aromatic rings. The molecule has 3 saturated carbocycles. The number of rotatable bonds is 8. The van der Waals surface area contributed by atoms with Crippen molar-refractivity contribution in [3.05, 3.63) is 53.6 Å². The number of hydrogen-bond donors (Lipinski definition) is 0. The fraction of sp³-hybridized carbons (Fsp3) is 0.536. The Hall–Kier alpha value is -2.27. The predicted molar refractivity (Wildman–Crippen MR) is 124 cm³/mol. The highest BCUT2D eigenvalue weighted by Crippen LogP contribution is 2.59. The van der Waals surface area contributed by atoms with E-state index in [9.17, 15) is 5.26 Å². The van der Waals surface area contributed by atoms with E-state index in [1.54, 1.807) is 0 Å². The molecule has 3 aliphatic rings. The zero-order chi connectivity index (χ0) is 21.0. The van der Waals surface area contributed by atoms with Gasteiger partial charge in [0.1, 0.15) is 11.8 Å². The predicted octanol–water partition coefficient (Wildman–Crippen LogP) is 7.80. The van der Waals surface area contributed by atoms with E-state index in [1.165, 1.54) is 62.5 Å². The number of fused-ring (bicyclic) bond motifs is 3. The second-order valence-electron chi connectivity index (χ2n) is 9.63. The highest BCUT2D eigenvalue weighted by Gasteiger charge is 2.48. The third-order valence-electron chi connectivity index (χ3n) is 7.87. The van der Waals surface area contributed by atoms with Crippen LogP contribution in [0.5, 0.6) is 5.75 Å². The van der Waals surface area contributed by atoms with Crippen LogP contribution in [0.3, 0.4) is 0 Å². The van der Waals surface area contributed by atoms with Crippen LogP contribution in [0.1, 0.15) is 89.2 Å². The molecule has 0 saturated heterocycles. The van der Waals surface area contributed by atoms with Crippen LogP contribution in [0, 0.1) is 16.7 Å². The van der Waals surface area contributed by atoms with E-state index in [2.05, 4.69) is 50.2 Å². The quantitative estimate of drug-likeness (QED) is 0.423.